The van der Waals surface area contributed by atoms with Gasteiger partial charge < -0.3 is 20.5 Å². The number of anilines is 2. The molecule has 0 aromatic carbocycles. The van der Waals surface area contributed by atoms with Crippen molar-refractivity contribution in [3.8, 4) is 11.3 Å². The average Bonchev–Trinajstić information content (AvgIpc) is 3.36. The van der Waals surface area contributed by atoms with Gasteiger partial charge in [0, 0.05) is 37.4 Å². The lowest BCUT2D eigenvalue weighted by molar-refractivity contribution is -0.140. The normalized spacial score (nSPS) is 19.4. The fourth-order valence-corrected chi connectivity index (χ4v) is 4.89. The Hall–Kier alpha value is -3.48. The second-order valence-corrected chi connectivity index (χ2v) is 9.25. The first-order valence-corrected chi connectivity index (χ1v) is 11.7. The Kier molecular flexibility index (Phi) is 6.18. The zero-order chi connectivity index (χ0) is 25.6. The highest BCUT2D eigenvalue weighted by molar-refractivity contribution is 5.88. The molecule has 192 valence electrons. The lowest BCUT2D eigenvalue weighted by Crippen LogP contribution is -2.46. The quantitative estimate of drug-likeness (QED) is 0.386. The number of piperidine rings is 1. The van der Waals surface area contributed by atoms with Crippen molar-refractivity contribution in [2.24, 2.45) is 5.92 Å². The molecule has 4 aromatic rings. The monoisotopic (exact) mass is 505 g/mol. The summed E-state index contributed by atoms with van der Waals surface area (Å²) < 4.78 is 54.7. The molecule has 9 nitrogen and oxygen atoms in total. The van der Waals surface area contributed by atoms with Crippen molar-refractivity contribution < 1.29 is 17.6 Å². The van der Waals surface area contributed by atoms with E-state index in [4.69, 9.17) is 5.73 Å². The number of alkyl halides is 4. The first kappa shape index (κ1) is 24.2. The first-order chi connectivity index (χ1) is 17.1. The smallest absolute Gasteiger partial charge is 0.382 e. The van der Waals surface area contributed by atoms with Gasteiger partial charge >= 0.3 is 6.18 Å². The third kappa shape index (κ3) is 4.66. The van der Waals surface area contributed by atoms with E-state index in [2.05, 4.69) is 37.2 Å². The molecule has 4 aromatic heterocycles. The van der Waals surface area contributed by atoms with Crippen LogP contribution in [-0.2, 0) is 6.54 Å². The van der Waals surface area contributed by atoms with Gasteiger partial charge in [-0.05, 0) is 37.5 Å². The second-order valence-electron chi connectivity index (χ2n) is 9.25. The molecular weight excluding hydrogens is 478 g/mol. The van der Waals surface area contributed by atoms with Gasteiger partial charge in [-0.3, -0.25) is 0 Å². The number of imidazole rings is 1. The van der Waals surface area contributed by atoms with E-state index in [1.165, 1.54) is 6.92 Å². The predicted octanol–water partition coefficient (Wildman–Crippen LogP) is 3.69. The highest BCUT2D eigenvalue weighted by Crippen LogP contribution is 2.30. The Morgan fingerprint density at radius 1 is 1.17 bits per heavy atom. The van der Waals surface area contributed by atoms with E-state index in [0.717, 1.165) is 24.1 Å². The van der Waals surface area contributed by atoms with Crippen LogP contribution < -0.4 is 11.1 Å². The summed E-state index contributed by atoms with van der Waals surface area (Å²) in [5.74, 6) is 1.10. The number of nitrogens with one attached hydrogen (secondary N) is 1. The molecule has 13 heteroatoms. The molecule has 0 amide bonds. The van der Waals surface area contributed by atoms with E-state index in [1.54, 1.807) is 28.9 Å². The average molecular weight is 506 g/mol. The lowest BCUT2D eigenvalue weighted by atomic mass is 9.94. The third-order valence-corrected chi connectivity index (χ3v) is 6.64. The topological polar surface area (TPSA) is 102 Å². The summed E-state index contributed by atoms with van der Waals surface area (Å²) in [7, 11) is 0. The van der Waals surface area contributed by atoms with Gasteiger partial charge in [0.25, 0.3) is 0 Å². The van der Waals surface area contributed by atoms with E-state index < -0.39 is 12.7 Å². The largest absolute Gasteiger partial charge is 0.406 e. The van der Waals surface area contributed by atoms with Crippen molar-refractivity contribution in [3.63, 3.8) is 0 Å². The number of aryl methyl sites for hydroxylation is 1. The maximum atomic E-state index is 13.1. The molecule has 0 bridgehead atoms. The van der Waals surface area contributed by atoms with Crippen molar-refractivity contribution in [3.05, 3.63) is 30.2 Å². The van der Waals surface area contributed by atoms with Crippen LogP contribution in [0.2, 0.25) is 0 Å². The van der Waals surface area contributed by atoms with E-state index in [9.17, 15) is 17.6 Å². The lowest BCUT2D eigenvalue weighted by Gasteiger charge is -2.36. The Morgan fingerprint density at radius 2 is 1.97 bits per heavy atom. The van der Waals surface area contributed by atoms with Crippen molar-refractivity contribution in [2.45, 2.75) is 39.0 Å². The van der Waals surface area contributed by atoms with Crippen molar-refractivity contribution in [1.29, 1.82) is 0 Å². The molecule has 0 radical (unpaired) electrons. The Morgan fingerprint density at radius 3 is 2.69 bits per heavy atom. The molecule has 36 heavy (non-hydrogen) atoms. The summed E-state index contributed by atoms with van der Waals surface area (Å²) in [6.07, 6.45) is -1.86. The number of fused-ring (bicyclic) bond motifs is 2. The minimum Gasteiger partial charge on any atom is -0.382 e. The maximum Gasteiger partial charge on any atom is 0.406 e. The Bertz CT molecular complexity index is 1390. The summed E-state index contributed by atoms with van der Waals surface area (Å²) in [5, 5.41) is 7.90. The summed E-state index contributed by atoms with van der Waals surface area (Å²) >= 11 is 0. The van der Waals surface area contributed by atoms with Gasteiger partial charge in [-0.15, -0.1) is 5.10 Å². The highest BCUT2D eigenvalue weighted by atomic mass is 19.4. The van der Waals surface area contributed by atoms with Gasteiger partial charge in [0.05, 0.1) is 5.69 Å². The molecule has 2 atom stereocenters. The van der Waals surface area contributed by atoms with Crippen LogP contribution in [0.4, 0.5) is 29.3 Å². The minimum atomic E-state index is -4.40. The zero-order valence-corrected chi connectivity index (χ0v) is 19.9. The molecule has 5 rings (SSSR count). The fourth-order valence-electron chi connectivity index (χ4n) is 4.89. The molecule has 1 saturated heterocycles. The predicted molar refractivity (Wildman–Crippen MR) is 128 cm³/mol. The molecule has 1 fully saturated rings. The van der Waals surface area contributed by atoms with Crippen molar-refractivity contribution in [1.82, 2.24) is 34.0 Å². The molecule has 1 aliphatic heterocycles. The first-order valence-electron chi connectivity index (χ1n) is 11.7. The molecule has 3 N–H and O–H groups in total. The van der Waals surface area contributed by atoms with Crippen LogP contribution >= 0.6 is 0 Å². The zero-order valence-electron chi connectivity index (χ0n) is 19.9. The highest BCUT2D eigenvalue weighted by Gasteiger charge is 2.30. The van der Waals surface area contributed by atoms with Gasteiger partial charge in [-0.1, -0.05) is 6.92 Å². The molecular formula is C23H27F4N9. The standard InChI is InChI=1S/C23H27F4N9/c1-13-11-34(10-7-24)8-6-16(13)31-22-32-20(28)19-15(5-9-36(19)33-22)17-3-4-18-21(30-17)35(14(2)29-18)12-23(25,26)27/h3-5,9,13,16H,6-8,10-12H2,1-2H3,(H3,28,31,32,33)/t13-,16+/m1/s1. The number of halogens is 4. The summed E-state index contributed by atoms with van der Waals surface area (Å²) in [6.45, 7) is 4.10. The number of likely N-dealkylation sites (tertiary alicyclic amines) is 1. The van der Waals surface area contributed by atoms with E-state index in [1.807, 2.05) is 0 Å². The van der Waals surface area contributed by atoms with Gasteiger partial charge in [0.1, 0.15) is 30.1 Å². The summed E-state index contributed by atoms with van der Waals surface area (Å²) in [6, 6.07) is 5.22. The van der Waals surface area contributed by atoms with E-state index in [-0.39, 0.29) is 35.9 Å². The summed E-state index contributed by atoms with van der Waals surface area (Å²) in [4.78, 5) is 15.2. The maximum absolute atomic E-state index is 13.1. The molecule has 0 spiro atoms. The molecule has 1 aliphatic rings. The van der Waals surface area contributed by atoms with Crippen LogP contribution in [-0.4, -0.2) is 72.6 Å². The number of nitrogen functional groups attached to an aromatic ring is 1. The number of rotatable bonds is 6. The van der Waals surface area contributed by atoms with Gasteiger partial charge in [0.2, 0.25) is 5.95 Å². The molecule has 0 saturated carbocycles. The molecule has 5 heterocycles. The number of aromatic nitrogens is 6. The third-order valence-electron chi connectivity index (χ3n) is 6.64. The van der Waals surface area contributed by atoms with Crippen LogP contribution in [0.15, 0.2) is 24.4 Å². The van der Waals surface area contributed by atoms with Gasteiger partial charge in [0.15, 0.2) is 11.5 Å². The van der Waals surface area contributed by atoms with E-state index >= 15 is 0 Å². The molecule has 0 unspecified atom stereocenters. The van der Waals surface area contributed by atoms with E-state index in [0.29, 0.717) is 34.8 Å². The van der Waals surface area contributed by atoms with Crippen LogP contribution in [0, 0.1) is 12.8 Å². The minimum absolute atomic E-state index is 0.119. The second kappa shape index (κ2) is 9.19. The Labute approximate surface area is 204 Å². The van der Waals surface area contributed by atoms with Crippen LogP contribution in [0.5, 0.6) is 0 Å². The number of nitrogens with zero attached hydrogens (tertiary/aromatic N) is 7. The fraction of sp³-hybridized carbons (Fsp3) is 0.478. The van der Waals surface area contributed by atoms with Crippen LogP contribution in [0.1, 0.15) is 19.2 Å². The van der Waals surface area contributed by atoms with Crippen LogP contribution in [0.25, 0.3) is 27.9 Å². The number of nitrogens with two attached hydrogens (primary N) is 1. The van der Waals surface area contributed by atoms with Crippen molar-refractivity contribution >= 4 is 28.4 Å². The Balaban J connectivity index is 1.44. The number of hydrogen-bond acceptors (Lipinski definition) is 7. The number of pyridine rings is 1. The van der Waals surface area contributed by atoms with Crippen molar-refractivity contribution in [2.75, 3.05) is 37.4 Å². The van der Waals surface area contributed by atoms with Gasteiger partial charge in [-0.2, -0.15) is 18.2 Å². The van der Waals surface area contributed by atoms with Gasteiger partial charge in [-0.25, -0.2) is 18.9 Å². The molecule has 0 aliphatic carbocycles. The van der Waals surface area contributed by atoms with Crippen LogP contribution in [0.3, 0.4) is 0 Å². The number of hydrogen-bond donors (Lipinski definition) is 2. The summed E-state index contributed by atoms with van der Waals surface area (Å²) in [5.41, 5.74) is 8.40. The SMILES string of the molecule is Cc1nc2ccc(-c3ccn4nc(N[C@H]5CCN(CCF)C[C@H]5C)nc(N)c34)nc2n1CC(F)(F)F.